The van der Waals surface area contributed by atoms with Crippen molar-refractivity contribution in [2.75, 3.05) is 23.0 Å². The van der Waals surface area contributed by atoms with E-state index in [0.29, 0.717) is 23.6 Å². The van der Waals surface area contributed by atoms with E-state index in [1.165, 1.54) is 30.4 Å². The van der Waals surface area contributed by atoms with Crippen molar-refractivity contribution in [3.63, 3.8) is 0 Å². The van der Waals surface area contributed by atoms with Crippen LogP contribution in [0.25, 0.3) is 6.08 Å². The molecule has 1 heterocycles. The van der Waals surface area contributed by atoms with Crippen molar-refractivity contribution in [1.29, 1.82) is 0 Å². The molecule has 192 valence electrons. The van der Waals surface area contributed by atoms with E-state index in [1.54, 1.807) is 4.90 Å². The smallest absolute Gasteiger partial charge is 0.265 e. The van der Waals surface area contributed by atoms with Gasteiger partial charge in [-0.1, -0.05) is 85.3 Å². The molecule has 0 saturated heterocycles. The van der Waals surface area contributed by atoms with Gasteiger partial charge in [-0.25, -0.2) is 0 Å². The number of amides is 2. The quantitative estimate of drug-likeness (QED) is 0.208. The summed E-state index contributed by atoms with van der Waals surface area (Å²) in [6.07, 6.45) is 5.35. The molecule has 0 aromatic heterocycles. The second-order valence-electron chi connectivity index (χ2n) is 9.16. The molecule has 0 spiro atoms. The highest BCUT2D eigenvalue weighted by atomic mass is 32.2. The zero-order chi connectivity index (χ0) is 26.0. The van der Waals surface area contributed by atoms with Crippen LogP contribution in [0.4, 0.5) is 5.69 Å². The number of thioether (sulfide) groups is 2. The number of hydrogen-bond acceptors (Lipinski definition) is 4. The third-order valence-electron chi connectivity index (χ3n) is 6.10. The van der Waals surface area contributed by atoms with Gasteiger partial charge in [0.2, 0.25) is 0 Å². The van der Waals surface area contributed by atoms with Crippen molar-refractivity contribution in [2.24, 2.45) is 0 Å². The van der Waals surface area contributed by atoms with E-state index in [1.807, 2.05) is 78.5 Å². The number of carbonyl (C=O) groups excluding carboxylic acids is 2. The van der Waals surface area contributed by atoms with E-state index in [0.717, 1.165) is 39.4 Å². The van der Waals surface area contributed by atoms with Crippen molar-refractivity contribution in [3.05, 3.63) is 100.0 Å². The van der Waals surface area contributed by atoms with E-state index in [4.69, 9.17) is 0 Å². The summed E-state index contributed by atoms with van der Waals surface area (Å²) < 4.78 is 0. The van der Waals surface area contributed by atoms with Crippen LogP contribution in [0.2, 0.25) is 0 Å². The molecule has 1 aliphatic rings. The fourth-order valence-electron chi connectivity index (χ4n) is 4.13. The number of rotatable bonds is 11. The van der Waals surface area contributed by atoms with Crippen LogP contribution >= 0.6 is 23.5 Å². The zero-order valence-corrected chi connectivity index (χ0v) is 23.2. The second-order valence-corrected chi connectivity index (χ2v) is 11.5. The Morgan fingerprint density at radius 3 is 2.59 bits per heavy atom. The first kappa shape index (κ1) is 27.1. The molecular formula is C31H34N2O2S2. The van der Waals surface area contributed by atoms with Crippen LogP contribution in [0, 0.1) is 6.92 Å². The molecule has 0 radical (unpaired) electrons. The third kappa shape index (κ3) is 7.53. The molecule has 0 saturated carbocycles. The summed E-state index contributed by atoms with van der Waals surface area (Å²) in [5.74, 6) is 2.08. The number of nitrogens with zero attached hydrogens (tertiary/aromatic N) is 1. The molecule has 2 amide bonds. The van der Waals surface area contributed by atoms with Gasteiger partial charge in [-0.2, -0.15) is 11.8 Å². The average Bonchev–Trinajstić information content (AvgIpc) is 2.91. The molecule has 0 aliphatic carbocycles. The van der Waals surface area contributed by atoms with Gasteiger partial charge in [0.25, 0.3) is 11.8 Å². The van der Waals surface area contributed by atoms with Crippen molar-refractivity contribution in [2.45, 2.75) is 44.6 Å². The summed E-state index contributed by atoms with van der Waals surface area (Å²) in [6, 6.07) is 23.8. The minimum absolute atomic E-state index is 0.0514. The topological polar surface area (TPSA) is 49.4 Å². The molecule has 6 heteroatoms. The van der Waals surface area contributed by atoms with Gasteiger partial charge in [-0.15, -0.1) is 0 Å². The summed E-state index contributed by atoms with van der Waals surface area (Å²) in [5.41, 5.74) is 4.56. The van der Waals surface area contributed by atoms with Crippen molar-refractivity contribution in [1.82, 2.24) is 5.32 Å². The summed E-state index contributed by atoms with van der Waals surface area (Å²) in [5, 5.41) is 3.05. The van der Waals surface area contributed by atoms with Gasteiger partial charge in [0, 0.05) is 17.0 Å². The maximum Gasteiger partial charge on any atom is 0.265 e. The lowest BCUT2D eigenvalue weighted by Gasteiger charge is -2.31. The number of fused-ring (bicyclic) bond motifs is 1. The predicted octanol–water partition coefficient (Wildman–Crippen LogP) is 7.33. The number of benzene rings is 3. The number of unbranched alkanes of at least 4 members (excludes halogenated alkanes) is 1. The number of anilines is 1. The fraction of sp³-hybridized carbons (Fsp3) is 0.290. The molecule has 0 bridgehead atoms. The molecule has 37 heavy (non-hydrogen) atoms. The highest BCUT2D eigenvalue weighted by molar-refractivity contribution is 8.04. The normalized spacial score (nSPS) is 14.1. The highest BCUT2D eigenvalue weighted by Gasteiger charge is 2.30. The van der Waals surface area contributed by atoms with Crippen LogP contribution in [0.3, 0.4) is 0 Å². The SMILES string of the molecule is CCCCSCCCNC(=O)c1ccc2c(c1)N(Cc1cccc(C)c1)C(=O)C(=Cc1ccccc1)S2. The maximum atomic E-state index is 13.7. The van der Waals surface area contributed by atoms with Crippen molar-refractivity contribution >= 4 is 47.1 Å². The molecular weight excluding hydrogens is 496 g/mol. The van der Waals surface area contributed by atoms with E-state index in [9.17, 15) is 9.59 Å². The molecule has 0 unspecified atom stereocenters. The summed E-state index contributed by atoms with van der Waals surface area (Å²) in [4.78, 5) is 30.1. The van der Waals surface area contributed by atoms with Gasteiger partial charge in [-0.3, -0.25) is 9.59 Å². The van der Waals surface area contributed by atoms with E-state index >= 15 is 0 Å². The number of aryl methyl sites for hydroxylation is 1. The molecule has 3 aromatic carbocycles. The molecule has 0 fully saturated rings. The van der Waals surface area contributed by atoms with Gasteiger partial charge in [-0.05, 0) is 66.7 Å². The summed E-state index contributed by atoms with van der Waals surface area (Å²) in [6.45, 7) is 5.35. The van der Waals surface area contributed by atoms with E-state index in [2.05, 4.69) is 31.3 Å². The fourth-order valence-corrected chi connectivity index (χ4v) is 6.21. The first-order valence-electron chi connectivity index (χ1n) is 12.9. The van der Waals surface area contributed by atoms with Crippen molar-refractivity contribution in [3.8, 4) is 0 Å². The van der Waals surface area contributed by atoms with Crippen LogP contribution in [0.1, 0.15) is 53.2 Å². The lowest BCUT2D eigenvalue weighted by molar-refractivity contribution is -0.114. The van der Waals surface area contributed by atoms with Gasteiger partial charge in [0.15, 0.2) is 0 Å². The molecule has 1 aliphatic heterocycles. The third-order valence-corrected chi connectivity index (χ3v) is 8.33. The largest absolute Gasteiger partial charge is 0.352 e. The van der Waals surface area contributed by atoms with Crippen LogP contribution in [-0.2, 0) is 11.3 Å². The zero-order valence-electron chi connectivity index (χ0n) is 21.5. The second kappa shape index (κ2) is 13.5. The van der Waals surface area contributed by atoms with Gasteiger partial charge >= 0.3 is 0 Å². The van der Waals surface area contributed by atoms with Crippen LogP contribution in [-0.4, -0.2) is 29.9 Å². The first-order valence-corrected chi connectivity index (χ1v) is 14.8. The van der Waals surface area contributed by atoms with E-state index in [-0.39, 0.29) is 11.8 Å². The van der Waals surface area contributed by atoms with E-state index < -0.39 is 0 Å². The Kier molecular flexibility index (Phi) is 9.92. The Morgan fingerprint density at radius 2 is 1.81 bits per heavy atom. The number of nitrogens with one attached hydrogen (secondary N) is 1. The Balaban J connectivity index is 1.55. The monoisotopic (exact) mass is 530 g/mol. The highest BCUT2D eigenvalue weighted by Crippen LogP contribution is 2.43. The molecule has 0 atom stereocenters. The summed E-state index contributed by atoms with van der Waals surface area (Å²) >= 11 is 3.41. The number of hydrogen-bond donors (Lipinski definition) is 1. The number of carbonyl (C=O) groups is 2. The summed E-state index contributed by atoms with van der Waals surface area (Å²) in [7, 11) is 0. The molecule has 3 aromatic rings. The van der Waals surface area contributed by atoms with Gasteiger partial charge in [0.05, 0.1) is 17.1 Å². The van der Waals surface area contributed by atoms with Crippen LogP contribution in [0.15, 0.2) is 82.6 Å². The predicted molar refractivity (Wildman–Crippen MR) is 158 cm³/mol. The van der Waals surface area contributed by atoms with Crippen LogP contribution in [0.5, 0.6) is 0 Å². The maximum absolute atomic E-state index is 13.7. The lowest BCUT2D eigenvalue weighted by Crippen LogP contribution is -2.34. The molecule has 4 rings (SSSR count). The Labute approximate surface area is 228 Å². The average molecular weight is 531 g/mol. The van der Waals surface area contributed by atoms with Crippen molar-refractivity contribution < 1.29 is 9.59 Å². The Hall–Kier alpha value is -2.96. The molecule has 1 N–H and O–H groups in total. The standard InChI is InChI=1S/C31H34N2O2S2/c1-3-4-17-36-18-9-16-32-30(34)26-14-15-28-27(21-26)33(22-25-13-8-10-23(2)19-25)31(35)29(37-28)20-24-11-6-5-7-12-24/h5-8,10-15,19-21H,3-4,9,16-18,22H2,1-2H3,(H,32,34). The minimum Gasteiger partial charge on any atom is -0.352 e. The Bertz CT molecular complexity index is 1260. The first-order chi connectivity index (χ1) is 18.0. The Morgan fingerprint density at radius 1 is 1.00 bits per heavy atom. The van der Waals surface area contributed by atoms with Crippen LogP contribution < -0.4 is 10.2 Å². The van der Waals surface area contributed by atoms with Gasteiger partial charge in [0.1, 0.15) is 0 Å². The molecule has 4 nitrogen and oxygen atoms in total. The lowest BCUT2D eigenvalue weighted by atomic mass is 10.1. The minimum atomic E-state index is -0.0973. The van der Waals surface area contributed by atoms with Gasteiger partial charge < -0.3 is 10.2 Å².